The fourth-order valence-electron chi connectivity index (χ4n) is 3.02. The van der Waals surface area contributed by atoms with Crippen LogP contribution in [0.3, 0.4) is 0 Å². The Kier molecular flexibility index (Phi) is 6.44. The van der Waals surface area contributed by atoms with Crippen LogP contribution < -0.4 is 10.1 Å². The van der Waals surface area contributed by atoms with E-state index in [-0.39, 0.29) is 13.0 Å². The summed E-state index contributed by atoms with van der Waals surface area (Å²) in [5.41, 5.74) is 1.75. The topological polar surface area (TPSA) is 73.9 Å². The Hall–Kier alpha value is -2.28. The van der Waals surface area contributed by atoms with Crippen LogP contribution in [0.4, 0.5) is 5.69 Å². The maximum Gasteiger partial charge on any atom is 0.308 e. The number of fused-ring (bicyclic) bond motifs is 1. The standard InChI is InChI=1S/C20H19Cl2NO5/c1-3-27-17(24)10-16-20(25)23-14-8-7-11(21)9-13(14)19(28-16)12-5-4-6-15(26-2)18(12)22/h4-9,16,19H,3,10H2,1-2H3,(H,23,25)/t16-,19-/m1/s1. The normalized spacial score (nSPS) is 18.6. The van der Waals surface area contributed by atoms with Crippen molar-refractivity contribution in [2.24, 2.45) is 0 Å². The summed E-state index contributed by atoms with van der Waals surface area (Å²) in [6.07, 6.45) is -2.02. The van der Waals surface area contributed by atoms with E-state index in [1.165, 1.54) is 7.11 Å². The molecule has 1 heterocycles. The number of ether oxygens (including phenoxy) is 3. The van der Waals surface area contributed by atoms with E-state index in [0.717, 1.165) is 0 Å². The number of hydrogen-bond acceptors (Lipinski definition) is 5. The molecule has 0 saturated heterocycles. The molecule has 1 aliphatic heterocycles. The first kappa shape index (κ1) is 20.5. The van der Waals surface area contributed by atoms with Crippen LogP contribution in [0.5, 0.6) is 5.75 Å². The van der Waals surface area contributed by atoms with Gasteiger partial charge in [-0.25, -0.2) is 0 Å². The molecule has 8 heteroatoms. The molecule has 2 atom stereocenters. The molecule has 0 aromatic heterocycles. The third-order valence-electron chi connectivity index (χ3n) is 4.30. The second-order valence-electron chi connectivity index (χ2n) is 6.10. The summed E-state index contributed by atoms with van der Waals surface area (Å²) in [6, 6.07) is 10.3. The second-order valence-corrected chi connectivity index (χ2v) is 6.91. The van der Waals surface area contributed by atoms with Gasteiger partial charge in [-0.2, -0.15) is 0 Å². The Labute approximate surface area is 172 Å². The molecule has 0 fully saturated rings. The van der Waals surface area contributed by atoms with Crippen molar-refractivity contribution in [1.82, 2.24) is 0 Å². The second kappa shape index (κ2) is 8.82. The van der Waals surface area contributed by atoms with Crippen molar-refractivity contribution < 1.29 is 23.8 Å². The molecule has 2 aromatic rings. The van der Waals surface area contributed by atoms with Crippen molar-refractivity contribution in [3.63, 3.8) is 0 Å². The molecule has 0 saturated carbocycles. The van der Waals surface area contributed by atoms with Crippen molar-refractivity contribution in [1.29, 1.82) is 0 Å². The average Bonchev–Trinajstić information content (AvgIpc) is 2.79. The fourth-order valence-corrected chi connectivity index (χ4v) is 3.50. The molecule has 28 heavy (non-hydrogen) atoms. The van der Waals surface area contributed by atoms with Gasteiger partial charge >= 0.3 is 5.97 Å². The summed E-state index contributed by atoms with van der Waals surface area (Å²) >= 11 is 12.7. The maximum atomic E-state index is 12.7. The molecule has 0 radical (unpaired) electrons. The smallest absolute Gasteiger partial charge is 0.308 e. The lowest BCUT2D eigenvalue weighted by atomic mass is 9.99. The van der Waals surface area contributed by atoms with Crippen LogP contribution in [0, 0.1) is 0 Å². The number of benzene rings is 2. The summed E-state index contributed by atoms with van der Waals surface area (Å²) in [4.78, 5) is 24.6. The van der Waals surface area contributed by atoms with Crippen LogP contribution in [-0.2, 0) is 19.1 Å². The summed E-state index contributed by atoms with van der Waals surface area (Å²) in [7, 11) is 1.51. The molecule has 2 aromatic carbocycles. The van der Waals surface area contributed by atoms with Crippen molar-refractivity contribution in [2.75, 3.05) is 19.0 Å². The maximum absolute atomic E-state index is 12.7. The number of methoxy groups -OCH3 is 1. The number of carbonyl (C=O) groups excluding carboxylic acids is 2. The van der Waals surface area contributed by atoms with E-state index < -0.39 is 24.1 Å². The number of nitrogens with one attached hydrogen (secondary N) is 1. The van der Waals surface area contributed by atoms with Crippen LogP contribution in [0.2, 0.25) is 10.0 Å². The third kappa shape index (κ3) is 4.24. The molecule has 3 rings (SSSR count). The Morgan fingerprint density at radius 1 is 1.21 bits per heavy atom. The van der Waals surface area contributed by atoms with Crippen LogP contribution in [0.15, 0.2) is 36.4 Å². The average molecular weight is 424 g/mol. The lowest BCUT2D eigenvalue weighted by molar-refractivity contribution is -0.150. The summed E-state index contributed by atoms with van der Waals surface area (Å²) < 4.78 is 16.3. The molecule has 1 N–H and O–H groups in total. The number of hydrogen-bond donors (Lipinski definition) is 1. The minimum Gasteiger partial charge on any atom is -0.495 e. The molecule has 1 amide bonds. The monoisotopic (exact) mass is 423 g/mol. The van der Waals surface area contributed by atoms with Crippen molar-refractivity contribution in [3.8, 4) is 5.75 Å². The largest absolute Gasteiger partial charge is 0.495 e. The molecular formula is C20H19Cl2NO5. The van der Waals surface area contributed by atoms with E-state index in [1.807, 2.05) is 0 Å². The number of rotatable bonds is 5. The lowest BCUT2D eigenvalue weighted by Gasteiger charge is -2.23. The predicted molar refractivity (Wildman–Crippen MR) is 106 cm³/mol. The zero-order valence-electron chi connectivity index (χ0n) is 15.3. The van der Waals surface area contributed by atoms with Crippen LogP contribution in [-0.4, -0.2) is 31.7 Å². The zero-order valence-corrected chi connectivity index (χ0v) is 16.8. The van der Waals surface area contributed by atoms with Gasteiger partial charge in [0.05, 0.1) is 25.2 Å². The Balaban J connectivity index is 2.08. The molecule has 148 valence electrons. The number of amides is 1. The summed E-state index contributed by atoms with van der Waals surface area (Å²) in [6.45, 7) is 1.91. The van der Waals surface area contributed by atoms with Gasteiger partial charge < -0.3 is 19.5 Å². The van der Waals surface area contributed by atoms with Crippen LogP contribution in [0.1, 0.15) is 30.6 Å². The van der Waals surface area contributed by atoms with Gasteiger partial charge in [0.2, 0.25) is 0 Å². The van der Waals surface area contributed by atoms with Gasteiger partial charge in [0.15, 0.2) is 0 Å². The van der Waals surface area contributed by atoms with E-state index in [2.05, 4.69) is 5.32 Å². The molecule has 0 unspecified atom stereocenters. The van der Waals surface area contributed by atoms with Gasteiger partial charge in [0.25, 0.3) is 5.91 Å². The molecular weight excluding hydrogens is 405 g/mol. The number of halogens is 2. The van der Waals surface area contributed by atoms with Crippen LogP contribution >= 0.6 is 23.2 Å². The highest BCUT2D eigenvalue weighted by Crippen LogP contribution is 2.42. The zero-order chi connectivity index (χ0) is 20.3. The highest BCUT2D eigenvalue weighted by molar-refractivity contribution is 6.33. The highest BCUT2D eigenvalue weighted by Gasteiger charge is 2.34. The van der Waals surface area contributed by atoms with Gasteiger partial charge in [-0.15, -0.1) is 0 Å². The number of anilines is 1. The minimum absolute atomic E-state index is 0.216. The van der Waals surface area contributed by atoms with E-state index in [1.54, 1.807) is 43.3 Å². The third-order valence-corrected chi connectivity index (χ3v) is 4.94. The minimum atomic E-state index is -1.06. The number of carbonyl (C=O) groups is 2. The predicted octanol–water partition coefficient (Wildman–Crippen LogP) is 4.38. The fraction of sp³-hybridized carbons (Fsp3) is 0.300. The first-order valence-corrected chi connectivity index (χ1v) is 9.44. The molecule has 6 nitrogen and oxygen atoms in total. The van der Waals surface area contributed by atoms with Gasteiger partial charge in [-0.05, 0) is 31.2 Å². The quantitative estimate of drug-likeness (QED) is 0.722. The van der Waals surface area contributed by atoms with Crippen LogP contribution in [0.25, 0.3) is 0 Å². The molecule has 0 bridgehead atoms. The lowest BCUT2D eigenvalue weighted by Crippen LogP contribution is -2.32. The Bertz CT molecular complexity index is 902. The van der Waals surface area contributed by atoms with Gasteiger partial charge in [0.1, 0.15) is 18.0 Å². The van der Waals surface area contributed by atoms with Crippen molar-refractivity contribution in [2.45, 2.75) is 25.6 Å². The van der Waals surface area contributed by atoms with E-state index in [4.69, 9.17) is 37.4 Å². The van der Waals surface area contributed by atoms with E-state index >= 15 is 0 Å². The van der Waals surface area contributed by atoms with E-state index in [9.17, 15) is 9.59 Å². The van der Waals surface area contributed by atoms with Gasteiger partial charge in [-0.3, -0.25) is 9.59 Å². The molecule has 1 aliphatic rings. The Morgan fingerprint density at radius 3 is 2.71 bits per heavy atom. The van der Waals surface area contributed by atoms with E-state index in [0.29, 0.717) is 32.6 Å². The molecule has 0 aliphatic carbocycles. The first-order chi connectivity index (χ1) is 13.4. The van der Waals surface area contributed by atoms with Gasteiger partial charge in [0, 0.05) is 21.8 Å². The SMILES string of the molecule is CCOC(=O)C[C@H]1O[C@H](c2cccc(OC)c2Cl)c2cc(Cl)ccc2NC1=O. The van der Waals surface area contributed by atoms with Gasteiger partial charge in [-0.1, -0.05) is 35.3 Å². The molecule has 0 spiro atoms. The first-order valence-electron chi connectivity index (χ1n) is 8.68. The Morgan fingerprint density at radius 2 is 2.00 bits per heavy atom. The van der Waals surface area contributed by atoms with Crippen molar-refractivity contribution >= 4 is 40.8 Å². The number of esters is 1. The summed E-state index contributed by atoms with van der Waals surface area (Å²) in [5.74, 6) is -0.503. The van der Waals surface area contributed by atoms with Crippen molar-refractivity contribution in [3.05, 3.63) is 57.6 Å². The summed E-state index contributed by atoms with van der Waals surface area (Å²) in [5, 5.41) is 3.62. The highest BCUT2D eigenvalue weighted by atomic mass is 35.5.